The lowest BCUT2D eigenvalue weighted by molar-refractivity contribution is -0.157. The SMILES string of the molecule is CC1(C)CCCC2(C)C3C(CCC12)COC3O. The van der Waals surface area contributed by atoms with Crippen LogP contribution in [-0.2, 0) is 4.74 Å². The minimum absolute atomic E-state index is 0.306. The lowest BCUT2D eigenvalue weighted by Crippen LogP contribution is -2.53. The van der Waals surface area contributed by atoms with Gasteiger partial charge in [-0.25, -0.2) is 0 Å². The molecular formula is C15H26O2. The van der Waals surface area contributed by atoms with Gasteiger partial charge in [0.1, 0.15) is 0 Å². The number of fused-ring (bicyclic) bond motifs is 3. The zero-order valence-corrected chi connectivity index (χ0v) is 11.4. The van der Waals surface area contributed by atoms with Crippen LogP contribution in [0.25, 0.3) is 0 Å². The molecule has 0 bridgehead atoms. The highest BCUT2D eigenvalue weighted by molar-refractivity contribution is 5.05. The van der Waals surface area contributed by atoms with E-state index in [9.17, 15) is 5.11 Å². The summed E-state index contributed by atoms with van der Waals surface area (Å²) in [5.41, 5.74) is 0.751. The lowest BCUT2D eigenvalue weighted by atomic mass is 9.47. The van der Waals surface area contributed by atoms with Gasteiger partial charge in [0.2, 0.25) is 0 Å². The number of aliphatic hydroxyl groups excluding tert-OH is 1. The maximum atomic E-state index is 10.2. The second-order valence-corrected chi connectivity index (χ2v) is 7.49. The fourth-order valence-electron chi connectivity index (χ4n) is 5.46. The third kappa shape index (κ3) is 1.60. The van der Waals surface area contributed by atoms with E-state index in [4.69, 9.17) is 4.74 Å². The Bertz CT molecular complexity index is 308. The predicted molar refractivity (Wildman–Crippen MR) is 67.4 cm³/mol. The van der Waals surface area contributed by atoms with Crippen molar-refractivity contribution in [3.05, 3.63) is 0 Å². The monoisotopic (exact) mass is 238 g/mol. The largest absolute Gasteiger partial charge is 0.368 e. The maximum Gasteiger partial charge on any atom is 0.158 e. The standard InChI is InChI=1S/C15H26O2/c1-14(2)7-4-8-15(3)11(14)6-5-10-9-17-13(16)12(10)15/h10-13,16H,4-9H2,1-3H3. The van der Waals surface area contributed by atoms with Crippen molar-refractivity contribution in [3.8, 4) is 0 Å². The first-order valence-corrected chi connectivity index (χ1v) is 7.25. The van der Waals surface area contributed by atoms with Crippen LogP contribution in [0.2, 0.25) is 0 Å². The Hall–Kier alpha value is -0.0800. The zero-order chi connectivity index (χ0) is 12.3. The van der Waals surface area contributed by atoms with Crippen molar-refractivity contribution in [2.24, 2.45) is 28.6 Å². The molecule has 0 aromatic heterocycles. The summed E-state index contributed by atoms with van der Waals surface area (Å²) in [6.45, 7) is 8.07. The third-order valence-electron chi connectivity index (χ3n) is 6.16. The van der Waals surface area contributed by atoms with Crippen molar-refractivity contribution in [1.29, 1.82) is 0 Å². The molecule has 3 aliphatic rings. The van der Waals surface area contributed by atoms with Crippen molar-refractivity contribution in [1.82, 2.24) is 0 Å². The van der Waals surface area contributed by atoms with Crippen LogP contribution in [-0.4, -0.2) is 18.0 Å². The van der Waals surface area contributed by atoms with Gasteiger partial charge in [-0.15, -0.1) is 0 Å². The Morgan fingerprint density at radius 3 is 2.65 bits per heavy atom. The van der Waals surface area contributed by atoms with Crippen molar-refractivity contribution < 1.29 is 9.84 Å². The number of hydrogen-bond acceptors (Lipinski definition) is 2. The van der Waals surface area contributed by atoms with Gasteiger partial charge in [0.25, 0.3) is 0 Å². The van der Waals surface area contributed by atoms with Gasteiger partial charge in [0, 0.05) is 5.92 Å². The van der Waals surface area contributed by atoms with Crippen LogP contribution in [0.4, 0.5) is 0 Å². The Labute approximate surface area is 105 Å². The minimum atomic E-state index is -0.498. The molecule has 5 atom stereocenters. The van der Waals surface area contributed by atoms with E-state index in [1.54, 1.807) is 0 Å². The van der Waals surface area contributed by atoms with E-state index in [-0.39, 0.29) is 0 Å². The van der Waals surface area contributed by atoms with Gasteiger partial charge in [-0.05, 0) is 48.3 Å². The molecule has 1 N–H and O–H groups in total. The van der Waals surface area contributed by atoms with E-state index >= 15 is 0 Å². The molecule has 0 radical (unpaired) electrons. The molecule has 98 valence electrons. The average Bonchev–Trinajstić information content (AvgIpc) is 2.60. The number of rotatable bonds is 0. The van der Waals surface area contributed by atoms with Crippen LogP contribution in [0.5, 0.6) is 0 Å². The van der Waals surface area contributed by atoms with Gasteiger partial charge < -0.3 is 9.84 Å². The average molecular weight is 238 g/mol. The highest BCUT2D eigenvalue weighted by Crippen LogP contribution is 2.63. The Balaban J connectivity index is 1.96. The fraction of sp³-hybridized carbons (Fsp3) is 1.00. The molecule has 2 heteroatoms. The second kappa shape index (κ2) is 3.71. The molecule has 0 amide bonds. The summed E-state index contributed by atoms with van der Waals surface area (Å²) in [5.74, 6) is 1.77. The summed E-state index contributed by atoms with van der Waals surface area (Å²) in [6.07, 6.45) is 6.04. The van der Waals surface area contributed by atoms with Gasteiger partial charge in [0.05, 0.1) is 6.61 Å². The summed E-state index contributed by atoms with van der Waals surface area (Å²) >= 11 is 0. The van der Waals surface area contributed by atoms with Crippen molar-refractivity contribution in [2.75, 3.05) is 6.61 Å². The Morgan fingerprint density at radius 2 is 1.88 bits per heavy atom. The Morgan fingerprint density at radius 1 is 1.12 bits per heavy atom. The number of ether oxygens (including phenoxy) is 1. The van der Waals surface area contributed by atoms with Crippen LogP contribution < -0.4 is 0 Å². The third-order valence-corrected chi connectivity index (χ3v) is 6.16. The molecule has 2 nitrogen and oxygen atoms in total. The van der Waals surface area contributed by atoms with E-state index in [1.165, 1.54) is 32.1 Å². The first-order chi connectivity index (χ1) is 7.95. The molecule has 0 aromatic carbocycles. The van der Waals surface area contributed by atoms with Crippen LogP contribution in [0.3, 0.4) is 0 Å². The first-order valence-electron chi connectivity index (χ1n) is 7.25. The second-order valence-electron chi connectivity index (χ2n) is 7.49. The van der Waals surface area contributed by atoms with Gasteiger partial charge in [-0.1, -0.05) is 27.2 Å². The molecule has 2 aliphatic carbocycles. The lowest BCUT2D eigenvalue weighted by Gasteiger charge is -2.58. The van der Waals surface area contributed by atoms with Gasteiger partial charge >= 0.3 is 0 Å². The Kier molecular flexibility index (Phi) is 2.61. The molecule has 17 heavy (non-hydrogen) atoms. The maximum absolute atomic E-state index is 10.2. The van der Waals surface area contributed by atoms with Crippen LogP contribution in [0.15, 0.2) is 0 Å². The normalized spacial score (nSPS) is 52.9. The summed E-state index contributed by atoms with van der Waals surface area (Å²) in [5, 5.41) is 10.2. The predicted octanol–water partition coefficient (Wildman–Crippen LogP) is 3.19. The molecule has 1 aliphatic heterocycles. The van der Waals surface area contributed by atoms with Gasteiger partial charge in [-0.2, -0.15) is 0 Å². The molecule has 2 saturated carbocycles. The van der Waals surface area contributed by atoms with Crippen LogP contribution in [0, 0.1) is 28.6 Å². The van der Waals surface area contributed by atoms with Crippen molar-refractivity contribution in [3.63, 3.8) is 0 Å². The van der Waals surface area contributed by atoms with Crippen LogP contribution in [0.1, 0.15) is 52.9 Å². The van der Waals surface area contributed by atoms with Gasteiger partial charge in [-0.3, -0.25) is 0 Å². The molecule has 5 unspecified atom stereocenters. The molecule has 3 rings (SSSR count). The summed E-state index contributed by atoms with van der Waals surface area (Å²) < 4.78 is 5.54. The summed E-state index contributed by atoms with van der Waals surface area (Å²) in [6, 6.07) is 0. The smallest absolute Gasteiger partial charge is 0.158 e. The number of hydrogen-bond donors (Lipinski definition) is 1. The molecular weight excluding hydrogens is 212 g/mol. The highest BCUT2D eigenvalue weighted by Gasteiger charge is 2.58. The van der Waals surface area contributed by atoms with Crippen molar-refractivity contribution >= 4 is 0 Å². The quantitative estimate of drug-likeness (QED) is 0.702. The van der Waals surface area contributed by atoms with E-state index in [0.717, 1.165) is 12.5 Å². The molecule has 3 fully saturated rings. The van der Waals surface area contributed by atoms with E-state index in [0.29, 0.717) is 22.7 Å². The molecule has 0 aromatic rings. The van der Waals surface area contributed by atoms with Crippen molar-refractivity contribution in [2.45, 2.75) is 59.2 Å². The molecule has 1 saturated heterocycles. The summed E-state index contributed by atoms with van der Waals surface area (Å²) in [7, 11) is 0. The van der Waals surface area contributed by atoms with E-state index in [2.05, 4.69) is 20.8 Å². The number of aliphatic hydroxyl groups is 1. The zero-order valence-electron chi connectivity index (χ0n) is 11.4. The fourth-order valence-corrected chi connectivity index (χ4v) is 5.46. The molecule has 0 spiro atoms. The highest BCUT2D eigenvalue weighted by atomic mass is 16.6. The topological polar surface area (TPSA) is 29.5 Å². The van der Waals surface area contributed by atoms with E-state index in [1.807, 2.05) is 0 Å². The van der Waals surface area contributed by atoms with E-state index < -0.39 is 6.29 Å². The summed E-state index contributed by atoms with van der Waals surface area (Å²) in [4.78, 5) is 0. The van der Waals surface area contributed by atoms with Crippen LogP contribution >= 0.6 is 0 Å². The minimum Gasteiger partial charge on any atom is -0.368 e. The molecule has 1 heterocycles. The first kappa shape index (κ1) is 12.0. The van der Waals surface area contributed by atoms with Gasteiger partial charge in [0.15, 0.2) is 6.29 Å².